The fourth-order valence-corrected chi connectivity index (χ4v) is 3.86. The molecule has 1 fully saturated rings. The minimum absolute atomic E-state index is 0.0666. The van der Waals surface area contributed by atoms with Gasteiger partial charge in [-0.3, -0.25) is 0 Å². The number of aromatic amines is 1. The van der Waals surface area contributed by atoms with Crippen LogP contribution >= 0.6 is 0 Å². The van der Waals surface area contributed by atoms with Crippen LogP contribution in [0.15, 0.2) is 60.8 Å². The lowest BCUT2D eigenvalue weighted by Crippen LogP contribution is -2.34. The van der Waals surface area contributed by atoms with Crippen LogP contribution in [-0.4, -0.2) is 40.3 Å². The van der Waals surface area contributed by atoms with Crippen molar-refractivity contribution in [1.29, 1.82) is 0 Å². The third kappa shape index (κ3) is 5.37. The van der Waals surface area contributed by atoms with Crippen molar-refractivity contribution >= 4 is 5.95 Å². The lowest BCUT2D eigenvalue weighted by atomic mass is 9.96. The van der Waals surface area contributed by atoms with Crippen LogP contribution in [-0.2, 0) is 16.0 Å². The molecule has 1 saturated heterocycles. The first-order valence-electron chi connectivity index (χ1n) is 11.7. The summed E-state index contributed by atoms with van der Waals surface area (Å²) in [5.74, 6) is 1.49. The summed E-state index contributed by atoms with van der Waals surface area (Å²) in [4.78, 5) is 17.2. The van der Waals surface area contributed by atoms with E-state index in [1.165, 1.54) is 12.1 Å². The highest BCUT2D eigenvalue weighted by Gasteiger charge is 2.32. The summed E-state index contributed by atoms with van der Waals surface area (Å²) in [6.45, 7) is 5.81. The molecule has 0 saturated carbocycles. The van der Waals surface area contributed by atoms with E-state index >= 15 is 0 Å². The van der Waals surface area contributed by atoms with Crippen molar-refractivity contribution in [3.05, 3.63) is 78.0 Å². The number of nitrogens with one attached hydrogen (secondary N) is 2. The van der Waals surface area contributed by atoms with E-state index in [1.807, 2.05) is 24.3 Å². The molecule has 3 heterocycles. The number of H-pyrrole nitrogens is 1. The zero-order valence-corrected chi connectivity index (χ0v) is 20.4. The molecule has 9 heteroatoms. The second-order valence-corrected chi connectivity index (χ2v) is 9.44. The summed E-state index contributed by atoms with van der Waals surface area (Å²) >= 11 is 0. The smallest absolute Gasteiger partial charge is 0.223 e. The number of benzene rings is 2. The molecule has 1 aliphatic rings. The number of ether oxygens (including phenoxy) is 3. The van der Waals surface area contributed by atoms with Crippen molar-refractivity contribution in [2.24, 2.45) is 5.41 Å². The third-order valence-corrected chi connectivity index (χ3v) is 5.84. The minimum Gasteiger partial charge on any atom is -0.497 e. The Morgan fingerprint density at radius 1 is 1.03 bits per heavy atom. The Hall–Kier alpha value is -3.82. The zero-order valence-electron chi connectivity index (χ0n) is 20.4. The monoisotopic (exact) mass is 489 g/mol. The Balaban J connectivity index is 1.43. The Morgan fingerprint density at radius 3 is 2.44 bits per heavy atom. The van der Waals surface area contributed by atoms with Crippen molar-refractivity contribution in [1.82, 2.24) is 19.9 Å². The highest BCUT2D eigenvalue weighted by atomic mass is 19.1. The normalized spacial score (nSPS) is 15.6. The second-order valence-electron chi connectivity index (χ2n) is 9.44. The van der Waals surface area contributed by atoms with Crippen LogP contribution < -0.4 is 10.1 Å². The van der Waals surface area contributed by atoms with Crippen LogP contribution in [0.3, 0.4) is 0 Å². The van der Waals surface area contributed by atoms with Gasteiger partial charge in [-0.2, -0.15) is 0 Å². The van der Waals surface area contributed by atoms with Gasteiger partial charge in [0, 0.05) is 23.7 Å². The van der Waals surface area contributed by atoms with Gasteiger partial charge in [0.1, 0.15) is 11.6 Å². The molecule has 0 radical (unpaired) electrons. The Labute approximate surface area is 208 Å². The summed E-state index contributed by atoms with van der Waals surface area (Å²) in [5.41, 5.74) is 3.68. The number of rotatable bonds is 7. The number of methoxy groups -OCH3 is 1. The van der Waals surface area contributed by atoms with Crippen LogP contribution in [0.5, 0.6) is 5.75 Å². The van der Waals surface area contributed by atoms with Crippen molar-refractivity contribution in [3.8, 4) is 28.4 Å². The summed E-state index contributed by atoms with van der Waals surface area (Å²) in [5, 5.41) is 3.26. The Morgan fingerprint density at radius 2 is 1.75 bits per heavy atom. The molecule has 1 aliphatic heterocycles. The van der Waals surface area contributed by atoms with E-state index in [9.17, 15) is 4.39 Å². The largest absolute Gasteiger partial charge is 0.497 e. The SMILES string of the molecule is COc1ccc(CNc2nccc(-c3[nH]c(C4OCC(C)(C)CO4)nc3-c3ccc(F)cc3)n2)cc1. The van der Waals surface area contributed by atoms with Gasteiger partial charge < -0.3 is 24.5 Å². The summed E-state index contributed by atoms with van der Waals surface area (Å²) < 4.78 is 30.7. The first-order valence-corrected chi connectivity index (χ1v) is 11.7. The highest BCUT2D eigenvalue weighted by molar-refractivity contribution is 5.77. The molecule has 5 rings (SSSR count). The van der Waals surface area contributed by atoms with Gasteiger partial charge in [0.2, 0.25) is 12.2 Å². The molecule has 36 heavy (non-hydrogen) atoms. The number of hydrogen-bond donors (Lipinski definition) is 2. The molecule has 0 aliphatic carbocycles. The average molecular weight is 490 g/mol. The molecule has 2 aromatic heterocycles. The van der Waals surface area contributed by atoms with Gasteiger partial charge in [-0.15, -0.1) is 0 Å². The van der Waals surface area contributed by atoms with E-state index in [0.717, 1.165) is 16.9 Å². The molecule has 8 nitrogen and oxygen atoms in total. The number of imidazole rings is 1. The van der Waals surface area contributed by atoms with E-state index in [-0.39, 0.29) is 11.2 Å². The van der Waals surface area contributed by atoms with E-state index in [1.54, 1.807) is 31.5 Å². The van der Waals surface area contributed by atoms with Crippen LogP contribution in [0.2, 0.25) is 0 Å². The van der Waals surface area contributed by atoms with E-state index in [2.05, 4.69) is 29.1 Å². The van der Waals surface area contributed by atoms with Gasteiger partial charge in [0.15, 0.2) is 5.82 Å². The first-order chi connectivity index (χ1) is 17.4. The summed E-state index contributed by atoms with van der Waals surface area (Å²) in [6, 6.07) is 15.8. The zero-order chi connectivity index (χ0) is 25.1. The van der Waals surface area contributed by atoms with Gasteiger partial charge in [-0.05, 0) is 48.0 Å². The Kier molecular flexibility index (Phi) is 6.67. The fourth-order valence-electron chi connectivity index (χ4n) is 3.86. The standard InChI is InChI=1S/C27H28FN5O3/c1-27(2)15-35-25(36-16-27)24-32-22(18-6-8-19(28)9-7-18)23(33-24)21-12-13-29-26(31-21)30-14-17-4-10-20(34-3)11-5-17/h4-13,25H,14-16H2,1-3H3,(H,32,33)(H,29,30,31). The molecular formula is C27H28FN5O3. The fraction of sp³-hybridized carbons (Fsp3) is 0.296. The number of aromatic nitrogens is 4. The minimum atomic E-state index is -0.625. The maximum absolute atomic E-state index is 13.6. The molecule has 2 aromatic carbocycles. The van der Waals surface area contributed by atoms with E-state index in [0.29, 0.717) is 48.6 Å². The van der Waals surface area contributed by atoms with Crippen molar-refractivity contribution in [2.75, 3.05) is 25.6 Å². The predicted molar refractivity (Wildman–Crippen MR) is 134 cm³/mol. The van der Waals surface area contributed by atoms with Gasteiger partial charge >= 0.3 is 0 Å². The van der Waals surface area contributed by atoms with Crippen LogP contribution in [0, 0.1) is 11.2 Å². The summed E-state index contributed by atoms with van der Waals surface area (Å²) in [6.07, 6.45) is 1.06. The van der Waals surface area contributed by atoms with Crippen molar-refractivity contribution < 1.29 is 18.6 Å². The van der Waals surface area contributed by atoms with Gasteiger partial charge in [-0.25, -0.2) is 19.3 Å². The number of hydrogen-bond acceptors (Lipinski definition) is 7. The average Bonchev–Trinajstić information content (AvgIpc) is 3.34. The predicted octanol–water partition coefficient (Wildman–Crippen LogP) is 5.37. The van der Waals surface area contributed by atoms with Crippen LogP contribution in [0.25, 0.3) is 22.6 Å². The number of nitrogens with zero attached hydrogens (tertiary/aromatic N) is 3. The molecule has 2 N–H and O–H groups in total. The molecule has 4 aromatic rings. The Bertz CT molecular complexity index is 1310. The molecular weight excluding hydrogens is 461 g/mol. The van der Waals surface area contributed by atoms with Gasteiger partial charge in [0.05, 0.1) is 37.4 Å². The topological polar surface area (TPSA) is 94.2 Å². The van der Waals surface area contributed by atoms with E-state index < -0.39 is 6.29 Å². The second kappa shape index (κ2) is 10.0. The van der Waals surface area contributed by atoms with Crippen LogP contribution in [0.4, 0.5) is 10.3 Å². The first kappa shape index (κ1) is 23.9. The maximum atomic E-state index is 13.6. The molecule has 0 spiro atoms. The summed E-state index contributed by atoms with van der Waals surface area (Å²) in [7, 11) is 1.64. The number of halogens is 1. The van der Waals surface area contributed by atoms with Gasteiger partial charge in [-0.1, -0.05) is 26.0 Å². The highest BCUT2D eigenvalue weighted by Crippen LogP contribution is 2.35. The quantitative estimate of drug-likeness (QED) is 0.361. The lowest BCUT2D eigenvalue weighted by molar-refractivity contribution is -0.229. The molecule has 186 valence electrons. The maximum Gasteiger partial charge on any atom is 0.223 e. The molecule has 0 atom stereocenters. The third-order valence-electron chi connectivity index (χ3n) is 5.84. The van der Waals surface area contributed by atoms with Crippen LogP contribution in [0.1, 0.15) is 31.5 Å². The van der Waals surface area contributed by atoms with E-state index in [4.69, 9.17) is 24.2 Å². The lowest BCUT2D eigenvalue weighted by Gasteiger charge is -2.33. The van der Waals surface area contributed by atoms with Gasteiger partial charge in [0.25, 0.3) is 0 Å². The molecule has 0 unspecified atom stereocenters. The van der Waals surface area contributed by atoms with Crippen molar-refractivity contribution in [2.45, 2.75) is 26.7 Å². The number of anilines is 1. The van der Waals surface area contributed by atoms with Crippen molar-refractivity contribution in [3.63, 3.8) is 0 Å². The molecule has 0 bridgehead atoms. The molecule has 0 amide bonds.